The average molecular weight is 184 g/mol. The normalized spacial score (nSPS) is 31.9. The minimum atomic E-state index is -2.39. The van der Waals surface area contributed by atoms with Crippen molar-refractivity contribution in [2.24, 2.45) is 11.7 Å². The SMILES string of the molecule is Cl.NC1(C2CC(F)(F)C2)CC1. The Morgan fingerprint density at radius 2 is 1.64 bits per heavy atom. The highest BCUT2D eigenvalue weighted by molar-refractivity contribution is 5.85. The highest BCUT2D eigenvalue weighted by Crippen LogP contribution is 2.54. The Balaban J connectivity index is 0.000000605. The van der Waals surface area contributed by atoms with Crippen LogP contribution in [0.3, 0.4) is 0 Å². The van der Waals surface area contributed by atoms with E-state index in [0.29, 0.717) is 0 Å². The van der Waals surface area contributed by atoms with Crippen molar-refractivity contribution < 1.29 is 8.78 Å². The van der Waals surface area contributed by atoms with E-state index in [2.05, 4.69) is 0 Å². The lowest BCUT2D eigenvalue weighted by molar-refractivity contribution is -0.119. The van der Waals surface area contributed by atoms with Gasteiger partial charge in [0.2, 0.25) is 5.92 Å². The lowest BCUT2D eigenvalue weighted by atomic mass is 9.75. The smallest absolute Gasteiger partial charge is 0.248 e. The summed E-state index contributed by atoms with van der Waals surface area (Å²) in [6.07, 6.45) is 1.97. The number of rotatable bonds is 1. The standard InChI is InChI=1S/C7H11F2N.ClH/c8-7(9)3-5(4-7)6(10)1-2-6;/h5H,1-4,10H2;1H. The Kier molecular flexibility index (Phi) is 1.92. The second-order valence-electron chi connectivity index (χ2n) is 3.69. The van der Waals surface area contributed by atoms with Crippen LogP contribution in [-0.4, -0.2) is 11.5 Å². The molecular weight excluding hydrogens is 172 g/mol. The lowest BCUT2D eigenvalue weighted by Gasteiger charge is -2.38. The van der Waals surface area contributed by atoms with Crippen LogP contribution in [0.5, 0.6) is 0 Å². The molecule has 11 heavy (non-hydrogen) atoms. The molecule has 66 valence electrons. The van der Waals surface area contributed by atoms with Crippen LogP contribution in [0.4, 0.5) is 8.78 Å². The summed E-state index contributed by atoms with van der Waals surface area (Å²) in [4.78, 5) is 0. The van der Waals surface area contributed by atoms with Gasteiger partial charge in [0.15, 0.2) is 0 Å². The van der Waals surface area contributed by atoms with Crippen LogP contribution >= 0.6 is 12.4 Å². The second kappa shape index (κ2) is 2.30. The van der Waals surface area contributed by atoms with Crippen LogP contribution in [0.1, 0.15) is 25.7 Å². The maximum absolute atomic E-state index is 12.3. The number of nitrogens with two attached hydrogens (primary N) is 1. The first-order valence-corrected chi connectivity index (χ1v) is 3.69. The molecule has 2 N–H and O–H groups in total. The van der Waals surface area contributed by atoms with Crippen molar-refractivity contribution in [1.82, 2.24) is 0 Å². The number of hydrogen-bond acceptors (Lipinski definition) is 1. The first-order valence-electron chi connectivity index (χ1n) is 3.69. The zero-order valence-corrected chi connectivity index (χ0v) is 6.96. The van der Waals surface area contributed by atoms with E-state index in [1.54, 1.807) is 0 Å². The monoisotopic (exact) mass is 183 g/mol. The van der Waals surface area contributed by atoms with Gasteiger partial charge in [-0.2, -0.15) is 0 Å². The van der Waals surface area contributed by atoms with E-state index in [-0.39, 0.29) is 36.7 Å². The summed E-state index contributed by atoms with van der Waals surface area (Å²) < 4.78 is 24.6. The zero-order valence-electron chi connectivity index (χ0n) is 6.15. The highest BCUT2D eigenvalue weighted by atomic mass is 35.5. The molecule has 0 aromatic rings. The molecule has 0 atom stereocenters. The summed E-state index contributed by atoms with van der Waals surface area (Å²) in [6.45, 7) is 0. The van der Waals surface area contributed by atoms with Crippen LogP contribution < -0.4 is 5.73 Å². The first kappa shape index (κ1) is 9.20. The van der Waals surface area contributed by atoms with Gasteiger partial charge < -0.3 is 5.73 Å². The molecule has 1 nitrogen and oxygen atoms in total. The molecule has 0 saturated heterocycles. The number of hydrogen-bond donors (Lipinski definition) is 1. The maximum atomic E-state index is 12.3. The van der Waals surface area contributed by atoms with Gasteiger partial charge in [0.05, 0.1) is 0 Å². The average Bonchev–Trinajstić information content (AvgIpc) is 2.43. The quantitative estimate of drug-likeness (QED) is 0.661. The molecule has 2 saturated carbocycles. The minimum Gasteiger partial charge on any atom is -0.325 e. The Bertz CT molecular complexity index is 160. The van der Waals surface area contributed by atoms with Crippen molar-refractivity contribution in [2.75, 3.05) is 0 Å². The Morgan fingerprint density at radius 3 is 1.91 bits per heavy atom. The van der Waals surface area contributed by atoms with Gasteiger partial charge in [0, 0.05) is 18.4 Å². The Labute approximate surface area is 70.7 Å². The largest absolute Gasteiger partial charge is 0.325 e. The fraction of sp³-hybridized carbons (Fsp3) is 1.00. The number of alkyl halides is 2. The van der Waals surface area contributed by atoms with Gasteiger partial charge in [-0.25, -0.2) is 8.78 Å². The van der Waals surface area contributed by atoms with Crippen molar-refractivity contribution in [1.29, 1.82) is 0 Å². The van der Waals surface area contributed by atoms with E-state index in [0.717, 1.165) is 12.8 Å². The molecule has 0 aliphatic heterocycles. The van der Waals surface area contributed by atoms with E-state index in [4.69, 9.17) is 5.73 Å². The molecule has 2 aliphatic carbocycles. The molecular formula is C7H12ClF2N. The van der Waals surface area contributed by atoms with E-state index in [1.807, 2.05) is 0 Å². The molecule has 2 rings (SSSR count). The summed E-state index contributed by atoms with van der Waals surface area (Å²) in [6, 6.07) is 0. The third-order valence-electron chi connectivity index (χ3n) is 2.73. The lowest BCUT2D eigenvalue weighted by Crippen LogP contribution is -2.47. The molecule has 2 aliphatic rings. The van der Waals surface area contributed by atoms with Crippen LogP contribution in [0.15, 0.2) is 0 Å². The van der Waals surface area contributed by atoms with Crippen LogP contribution in [0.25, 0.3) is 0 Å². The van der Waals surface area contributed by atoms with Gasteiger partial charge in [0.25, 0.3) is 0 Å². The molecule has 0 bridgehead atoms. The zero-order chi connectivity index (χ0) is 7.41. The van der Waals surface area contributed by atoms with Gasteiger partial charge in [-0.1, -0.05) is 0 Å². The van der Waals surface area contributed by atoms with Gasteiger partial charge >= 0.3 is 0 Å². The fourth-order valence-corrected chi connectivity index (χ4v) is 1.62. The molecule has 4 heteroatoms. The predicted octanol–water partition coefficient (Wildman–Crippen LogP) is 1.94. The van der Waals surface area contributed by atoms with Crippen molar-refractivity contribution in [3.63, 3.8) is 0 Å². The molecule has 0 heterocycles. The summed E-state index contributed by atoms with van der Waals surface area (Å²) >= 11 is 0. The van der Waals surface area contributed by atoms with Crippen molar-refractivity contribution in [3.05, 3.63) is 0 Å². The van der Waals surface area contributed by atoms with Gasteiger partial charge in [0.1, 0.15) is 0 Å². The van der Waals surface area contributed by atoms with Crippen molar-refractivity contribution in [2.45, 2.75) is 37.1 Å². The van der Waals surface area contributed by atoms with E-state index < -0.39 is 5.92 Å². The molecule has 0 spiro atoms. The van der Waals surface area contributed by atoms with Crippen LogP contribution in [0, 0.1) is 5.92 Å². The van der Waals surface area contributed by atoms with Gasteiger partial charge in [-0.3, -0.25) is 0 Å². The summed E-state index contributed by atoms with van der Waals surface area (Å²) in [7, 11) is 0. The molecule has 0 unspecified atom stereocenters. The van der Waals surface area contributed by atoms with Crippen LogP contribution in [-0.2, 0) is 0 Å². The van der Waals surface area contributed by atoms with E-state index >= 15 is 0 Å². The van der Waals surface area contributed by atoms with E-state index in [9.17, 15) is 8.78 Å². The molecule has 2 fully saturated rings. The third-order valence-corrected chi connectivity index (χ3v) is 2.73. The van der Waals surface area contributed by atoms with Gasteiger partial charge in [-0.05, 0) is 18.8 Å². The topological polar surface area (TPSA) is 26.0 Å². The van der Waals surface area contributed by atoms with Crippen LogP contribution in [0.2, 0.25) is 0 Å². The molecule has 0 aromatic heterocycles. The minimum absolute atomic E-state index is 0. The predicted molar refractivity (Wildman–Crippen MR) is 41.1 cm³/mol. The fourth-order valence-electron chi connectivity index (χ4n) is 1.62. The third kappa shape index (κ3) is 1.49. The maximum Gasteiger partial charge on any atom is 0.248 e. The Morgan fingerprint density at radius 1 is 1.18 bits per heavy atom. The molecule has 0 amide bonds. The summed E-state index contributed by atoms with van der Waals surface area (Å²) in [5.41, 5.74) is 5.56. The first-order chi connectivity index (χ1) is 4.52. The molecule has 0 radical (unpaired) electrons. The van der Waals surface area contributed by atoms with E-state index in [1.165, 1.54) is 0 Å². The van der Waals surface area contributed by atoms with Crippen molar-refractivity contribution >= 4 is 12.4 Å². The van der Waals surface area contributed by atoms with Crippen molar-refractivity contribution in [3.8, 4) is 0 Å². The highest BCUT2D eigenvalue weighted by Gasteiger charge is 2.57. The summed E-state index contributed by atoms with van der Waals surface area (Å²) in [5, 5.41) is 0. The number of halogens is 3. The summed E-state index contributed by atoms with van der Waals surface area (Å²) in [5.74, 6) is -2.28. The molecule has 0 aromatic carbocycles. The Hall–Kier alpha value is 0.110. The second-order valence-corrected chi connectivity index (χ2v) is 3.69. The van der Waals surface area contributed by atoms with Gasteiger partial charge in [-0.15, -0.1) is 12.4 Å².